The molecule has 4 nitrogen and oxygen atoms in total. The summed E-state index contributed by atoms with van der Waals surface area (Å²) >= 11 is 3.40. The van der Waals surface area contributed by atoms with Crippen molar-refractivity contribution in [1.29, 1.82) is 5.26 Å². The van der Waals surface area contributed by atoms with Gasteiger partial charge in [0, 0.05) is 29.1 Å². The number of hydrogen-bond donors (Lipinski definition) is 0. The number of benzene rings is 1. The van der Waals surface area contributed by atoms with Gasteiger partial charge in [-0.15, -0.1) is 0 Å². The zero-order valence-corrected chi connectivity index (χ0v) is 19.8. The van der Waals surface area contributed by atoms with Crippen LogP contribution in [0.1, 0.15) is 62.7 Å². The quantitative estimate of drug-likeness (QED) is 0.390. The van der Waals surface area contributed by atoms with Crippen LogP contribution in [0.2, 0.25) is 0 Å². The van der Waals surface area contributed by atoms with E-state index >= 15 is 0 Å². The Hall–Kier alpha value is -2.19. The van der Waals surface area contributed by atoms with Crippen molar-refractivity contribution in [1.82, 2.24) is 4.90 Å². The molecule has 2 amide bonds. The third-order valence-electron chi connectivity index (χ3n) is 7.93. The third kappa shape index (κ3) is 4.03. The number of imide groups is 1. The highest BCUT2D eigenvalue weighted by molar-refractivity contribution is 9.10. The fraction of sp³-hybridized carbons (Fsp3) is 0.500. The van der Waals surface area contributed by atoms with E-state index in [4.69, 9.17) is 5.26 Å². The van der Waals surface area contributed by atoms with Crippen LogP contribution in [0.4, 0.5) is 0 Å². The molecule has 4 rings (SSSR count). The number of nitrogens with zero attached hydrogens (tertiary/aromatic N) is 2. The van der Waals surface area contributed by atoms with Gasteiger partial charge < -0.3 is 0 Å². The maximum atomic E-state index is 13.1. The average molecular weight is 481 g/mol. The molecule has 0 bridgehead atoms. The number of amides is 2. The minimum absolute atomic E-state index is 0.0879. The molecule has 5 heteroatoms. The van der Waals surface area contributed by atoms with Gasteiger partial charge in [0.1, 0.15) is 0 Å². The Morgan fingerprint density at radius 1 is 1.32 bits per heavy atom. The average Bonchev–Trinajstić information content (AvgIpc) is 2.88. The number of carbonyl (C=O) groups is 2. The van der Waals surface area contributed by atoms with Crippen LogP contribution in [0.5, 0.6) is 0 Å². The van der Waals surface area contributed by atoms with Crippen LogP contribution in [0, 0.1) is 34.5 Å². The van der Waals surface area contributed by atoms with Gasteiger partial charge in [-0.3, -0.25) is 14.5 Å². The van der Waals surface area contributed by atoms with E-state index in [-0.39, 0.29) is 17.2 Å². The van der Waals surface area contributed by atoms with Crippen LogP contribution >= 0.6 is 15.9 Å². The minimum Gasteiger partial charge on any atom is -0.275 e. The maximum Gasteiger partial charge on any atom is 0.260 e. The molecule has 0 N–H and O–H groups in total. The number of rotatable bonds is 3. The van der Waals surface area contributed by atoms with E-state index in [1.54, 1.807) is 18.2 Å². The van der Waals surface area contributed by atoms with Crippen LogP contribution in [0.3, 0.4) is 0 Å². The lowest BCUT2D eigenvalue weighted by Crippen LogP contribution is -2.44. The molecule has 1 saturated carbocycles. The van der Waals surface area contributed by atoms with Gasteiger partial charge in [0.25, 0.3) is 11.8 Å². The summed E-state index contributed by atoms with van der Waals surface area (Å²) in [7, 11) is 0. The Morgan fingerprint density at radius 3 is 2.77 bits per heavy atom. The smallest absolute Gasteiger partial charge is 0.260 e. The second-order valence-corrected chi connectivity index (χ2v) is 10.4. The summed E-state index contributed by atoms with van der Waals surface area (Å²) in [5.74, 6) is 1.05. The molecular formula is C26H29BrN2O2. The molecule has 0 radical (unpaired) electrons. The number of carbonyl (C=O) groups excluding carboxylic acids is 2. The lowest BCUT2D eigenvalue weighted by atomic mass is 9.52. The maximum absolute atomic E-state index is 13.1. The molecule has 0 unspecified atom stereocenters. The predicted molar refractivity (Wildman–Crippen MR) is 124 cm³/mol. The normalized spacial score (nSPS) is 30.3. The summed E-state index contributed by atoms with van der Waals surface area (Å²) in [6.45, 7) is 4.95. The fourth-order valence-corrected chi connectivity index (χ4v) is 6.38. The summed E-state index contributed by atoms with van der Waals surface area (Å²) in [5.41, 5.74) is 3.08. The molecular weight excluding hydrogens is 452 g/mol. The van der Waals surface area contributed by atoms with Gasteiger partial charge in [-0.2, -0.15) is 5.26 Å². The molecule has 2 aliphatic carbocycles. The van der Waals surface area contributed by atoms with Crippen LogP contribution < -0.4 is 0 Å². The Labute approximate surface area is 193 Å². The van der Waals surface area contributed by atoms with E-state index in [2.05, 4.69) is 41.9 Å². The molecule has 0 aromatic heterocycles. The molecule has 3 aliphatic rings. The summed E-state index contributed by atoms with van der Waals surface area (Å²) in [6.07, 6.45) is 9.40. The number of allylic oxidation sites excluding steroid dienone is 3. The largest absolute Gasteiger partial charge is 0.275 e. The molecule has 4 atom stereocenters. The summed E-state index contributed by atoms with van der Waals surface area (Å²) < 4.78 is 0.907. The van der Waals surface area contributed by atoms with Crippen molar-refractivity contribution in [3.05, 3.63) is 57.6 Å². The molecule has 0 saturated heterocycles. The van der Waals surface area contributed by atoms with Gasteiger partial charge in [0.2, 0.25) is 0 Å². The highest BCUT2D eigenvalue weighted by Crippen LogP contribution is 2.57. The van der Waals surface area contributed by atoms with E-state index in [0.29, 0.717) is 36.3 Å². The van der Waals surface area contributed by atoms with Gasteiger partial charge in [0.05, 0.1) is 6.07 Å². The van der Waals surface area contributed by atoms with Crippen LogP contribution in [-0.4, -0.2) is 23.3 Å². The molecule has 0 spiro atoms. The molecule has 1 aromatic carbocycles. The molecule has 1 aromatic rings. The first kappa shape index (κ1) is 22.0. The number of halogens is 1. The Morgan fingerprint density at radius 2 is 2.06 bits per heavy atom. The minimum atomic E-state index is -0.223. The second-order valence-electron chi connectivity index (χ2n) is 9.44. The highest BCUT2D eigenvalue weighted by atomic mass is 79.9. The summed E-state index contributed by atoms with van der Waals surface area (Å²) in [4.78, 5) is 27.6. The zero-order chi connectivity index (χ0) is 22.2. The lowest BCUT2D eigenvalue weighted by molar-refractivity contribution is -0.123. The predicted octanol–water partition coefficient (Wildman–Crippen LogP) is 6.05. The fourth-order valence-electron chi connectivity index (χ4n) is 6.11. The van der Waals surface area contributed by atoms with Crippen LogP contribution in [0.25, 0.3) is 0 Å². The Balaban J connectivity index is 1.60. The van der Waals surface area contributed by atoms with E-state index in [1.807, 2.05) is 12.1 Å². The first-order chi connectivity index (χ1) is 14.8. The lowest BCUT2D eigenvalue weighted by Gasteiger charge is -2.52. The SMILES string of the molecule is CC1=CC[C@H]2[C@@H](CCC3=CC(=O)N(C(=O)c4ccc(Br)cc4)CC[C@@]32C)[C@@H]1CCC#N. The van der Waals surface area contributed by atoms with Crippen molar-refractivity contribution in [3.8, 4) is 6.07 Å². The monoisotopic (exact) mass is 480 g/mol. The molecule has 1 heterocycles. The first-order valence-corrected chi connectivity index (χ1v) is 12.0. The van der Waals surface area contributed by atoms with Crippen molar-refractivity contribution in [2.75, 3.05) is 6.54 Å². The van der Waals surface area contributed by atoms with E-state index in [9.17, 15) is 9.59 Å². The van der Waals surface area contributed by atoms with Crippen molar-refractivity contribution in [3.63, 3.8) is 0 Å². The Bertz CT molecular complexity index is 988. The van der Waals surface area contributed by atoms with Crippen LogP contribution in [-0.2, 0) is 4.79 Å². The van der Waals surface area contributed by atoms with Gasteiger partial charge >= 0.3 is 0 Å². The standard InChI is InChI=1S/C26H29BrN2O2/c1-17-5-12-23-22(21(17)4-3-14-28)11-8-19-16-24(30)29(15-13-26(19,23)2)25(31)18-6-9-20(27)10-7-18/h5-7,9-10,16,21-23H,3-4,8,11-13,15H2,1-2H3/t21-,22+,23+,26+/m1/s1. The number of fused-ring (bicyclic) bond motifs is 3. The molecule has 1 aliphatic heterocycles. The van der Waals surface area contributed by atoms with Gasteiger partial charge in [-0.25, -0.2) is 0 Å². The van der Waals surface area contributed by atoms with Crippen molar-refractivity contribution in [2.45, 2.75) is 52.4 Å². The Kier molecular flexibility index (Phi) is 6.21. The second kappa shape index (κ2) is 8.74. The van der Waals surface area contributed by atoms with E-state index in [0.717, 1.165) is 36.6 Å². The van der Waals surface area contributed by atoms with Gasteiger partial charge in [-0.05, 0) is 86.5 Å². The van der Waals surface area contributed by atoms with Crippen molar-refractivity contribution < 1.29 is 9.59 Å². The summed E-state index contributed by atoms with van der Waals surface area (Å²) in [6, 6.07) is 9.50. The van der Waals surface area contributed by atoms with Gasteiger partial charge in [-0.1, -0.05) is 40.1 Å². The first-order valence-electron chi connectivity index (χ1n) is 11.2. The van der Waals surface area contributed by atoms with Gasteiger partial charge in [0.15, 0.2) is 0 Å². The third-order valence-corrected chi connectivity index (χ3v) is 8.46. The number of hydrogen-bond acceptors (Lipinski definition) is 3. The van der Waals surface area contributed by atoms with Crippen molar-refractivity contribution >= 4 is 27.7 Å². The molecule has 31 heavy (non-hydrogen) atoms. The highest BCUT2D eigenvalue weighted by Gasteiger charge is 2.49. The number of nitriles is 1. The van der Waals surface area contributed by atoms with Crippen LogP contribution in [0.15, 0.2) is 52.0 Å². The van der Waals surface area contributed by atoms with E-state index in [1.165, 1.54) is 16.0 Å². The molecule has 1 fully saturated rings. The van der Waals surface area contributed by atoms with E-state index < -0.39 is 0 Å². The topological polar surface area (TPSA) is 61.2 Å². The molecule has 162 valence electrons. The zero-order valence-electron chi connectivity index (χ0n) is 18.2. The van der Waals surface area contributed by atoms with Crippen molar-refractivity contribution in [2.24, 2.45) is 23.2 Å². The summed E-state index contributed by atoms with van der Waals surface area (Å²) in [5, 5.41) is 9.12.